The lowest BCUT2D eigenvalue weighted by Crippen LogP contribution is -2.48. The third-order valence-corrected chi connectivity index (χ3v) is 15.6. The molecule has 0 bridgehead atoms. The van der Waals surface area contributed by atoms with E-state index in [4.69, 9.17) is 9.97 Å². The lowest BCUT2D eigenvalue weighted by Gasteiger charge is -2.35. The SMILES string of the molecule is CCn1c(-c2nc3cc(C(=O)N4CC[C@H]5CCN[C@H]5C4)ccc3n2C)cc2cccnc21.Cn1c(-c2cc3ccccc3n2CC2CC2)nc2cc(C(=O)N3CC[C@@H]4CCN[C@@H]4C3)ccc21. The molecule has 0 spiro atoms. The molecule has 1 saturated carbocycles. The summed E-state index contributed by atoms with van der Waals surface area (Å²) in [5, 5.41) is 9.50. The van der Waals surface area contributed by atoms with E-state index in [2.05, 4.69) is 96.4 Å². The third kappa shape index (κ3) is 7.18. The summed E-state index contributed by atoms with van der Waals surface area (Å²) in [7, 11) is 4.12. The molecule has 3 aromatic carbocycles. The van der Waals surface area contributed by atoms with Gasteiger partial charge in [-0.15, -0.1) is 0 Å². The van der Waals surface area contributed by atoms with Gasteiger partial charge >= 0.3 is 0 Å². The molecule has 13 rings (SSSR count). The fourth-order valence-electron chi connectivity index (χ4n) is 11.7. The zero-order chi connectivity index (χ0) is 44.6. The number of fused-ring (bicyclic) bond motifs is 6. The second-order valence-corrected chi connectivity index (χ2v) is 19.5. The molecule has 5 aromatic heterocycles. The predicted molar refractivity (Wildman–Crippen MR) is 260 cm³/mol. The lowest BCUT2D eigenvalue weighted by atomic mass is 9.92. The van der Waals surface area contributed by atoms with Crippen LogP contribution in [0.2, 0.25) is 0 Å². The number of nitrogens with one attached hydrogen (secondary N) is 2. The molecule has 4 aliphatic heterocycles. The molecule has 4 saturated heterocycles. The van der Waals surface area contributed by atoms with E-state index < -0.39 is 0 Å². The van der Waals surface area contributed by atoms with Crippen LogP contribution in [0.3, 0.4) is 0 Å². The normalized spacial score (nSPS) is 21.7. The van der Waals surface area contributed by atoms with Gasteiger partial charge in [-0.3, -0.25) is 9.59 Å². The van der Waals surface area contributed by atoms with Crippen molar-refractivity contribution in [3.63, 3.8) is 0 Å². The summed E-state index contributed by atoms with van der Waals surface area (Å²) in [5.41, 5.74) is 9.73. The standard InChI is InChI=1S/C28H31N5O.C25H28N6O/c1-31-25-9-8-21(28(34)32-13-11-19-10-12-29-23(19)17-32)14-22(25)30-27(31)26-15-20-4-2-3-5-24(20)33(26)16-18-6-7-18;1-3-31-22(14-17-5-4-10-27-23(17)31)24-28-19-13-18(6-7-21(19)29(24)2)25(32)30-12-9-16-8-11-26-20(16)15-30/h2-5,8-9,14-15,18-19,23,29H,6-7,10-13,16-17H2,1H3;4-7,10,13-14,16,20,26H,3,8-9,11-12,15H2,1-2H3/t19-,23+;16-,20+/m01/s1. The second kappa shape index (κ2) is 16.5. The highest BCUT2D eigenvalue weighted by Crippen LogP contribution is 2.37. The van der Waals surface area contributed by atoms with Crippen molar-refractivity contribution in [1.82, 2.24) is 53.7 Å². The lowest BCUT2D eigenvalue weighted by molar-refractivity contribution is 0.0662. The molecular formula is C53H59N11O2. The first-order chi connectivity index (χ1) is 32.3. The molecule has 8 aromatic rings. The van der Waals surface area contributed by atoms with Crippen molar-refractivity contribution < 1.29 is 9.59 Å². The monoisotopic (exact) mass is 881 g/mol. The molecule has 338 valence electrons. The molecular weight excluding hydrogens is 823 g/mol. The zero-order valence-electron chi connectivity index (χ0n) is 38.3. The van der Waals surface area contributed by atoms with Gasteiger partial charge in [0.15, 0.2) is 11.6 Å². The first-order valence-electron chi connectivity index (χ1n) is 24.3. The number of para-hydroxylation sites is 1. The van der Waals surface area contributed by atoms with E-state index in [9.17, 15) is 9.59 Å². The number of imidazole rings is 2. The van der Waals surface area contributed by atoms with Gasteiger partial charge in [0.25, 0.3) is 11.8 Å². The number of amides is 2. The number of aromatic nitrogens is 7. The molecule has 13 nitrogen and oxygen atoms in total. The van der Waals surface area contributed by atoms with Gasteiger partial charge in [-0.2, -0.15) is 0 Å². The van der Waals surface area contributed by atoms with Gasteiger partial charge in [0.1, 0.15) is 5.65 Å². The van der Waals surface area contributed by atoms with Crippen LogP contribution in [0.4, 0.5) is 0 Å². The van der Waals surface area contributed by atoms with E-state index in [1.54, 1.807) is 0 Å². The average molecular weight is 882 g/mol. The van der Waals surface area contributed by atoms with Crippen molar-refractivity contribution in [2.75, 3.05) is 39.3 Å². The third-order valence-electron chi connectivity index (χ3n) is 15.6. The second-order valence-electron chi connectivity index (χ2n) is 19.5. The Kier molecular flexibility index (Phi) is 10.3. The highest BCUT2D eigenvalue weighted by Gasteiger charge is 2.36. The van der Waals surface area contributed by atoms with Crippen LogP contribution in [0, 0.1) is 17.8 Å². The fourth-order valence-corrected chi connectivity index (χ4v) is 11.7. The van der Waals surface area contributed by atoms with Crippen molar-refractivity contribution in [3.05, 3.63) is 102 Å². The van der Waals surface area contributed by atoms with Crippen LogP contribution >= 0.6 is 0 Å². The molecule has 13 heteroatoms. The predicted octanol–water partition coefficient (Wildman–Crippen LogP) is 7.86. The highest BCUT2D eigenvalue weighted by atomic mass is 16.2. The van der Waals surface area contributed by atoms with Gasteiger partial charge in [-0.25, -0.2) is 15.0 Å². The maximum absolute atomic E-state index is 13.4. The van der Waals surface area contributed by atoms with Gasteiger partial charge in [-0.1, -0.05) is 18.2 Å². The largest absolute Gasteiger partial charge is 0.338 e. The minimum atomic E-state index is 0.109. The topological polar surface area (TPSA) is 123 Å². The van der Waals surface area contributed by atoms with Crippen molar-refractivity contribution in [2.24, 2.45) is 31.8 Å². The number of carbonyl (C=O) groups is 2. The molecule has 0 unspecified atom stereocenters. The zero-order valence-corrected chi connectivity index (χ0v) is 38.3. The Hall–Kier alpha value is -6.31. The summed E-state index contributed by atoms with van der Waals surface area (Å²) < 4.78 is 8.92. The summed E-state index contributed by atoms with van der Waals surface area (Å²) in [6, 6.07) is 29.9. The highest BCUT2D eigenvalue weighted by molar-refractivity contribution is 5.99. The number of aryl methyl sites for hydroxylation is 3. The van der Waals surface area contributed by atoms with Gasteiger partial charge < -0.3 is 38.7 Å². The number of carbonyl (C=O) groups excluding carboxylic acids is 2. The van der Waals surface area contributed by atoms with E-state index in [1.807, 2.05) is 59.4 Å². The Morgan fingerprint density at radius 2 is 1.18 bits per heavy atom. The number of likely N-dealkylation sites (tertiary alicyclic amines) is 2. The Bertz CT molecular complexity index is 3170. The molecule has 5 fully saturated rings. The van der Waals surface area contributed by atoms with Crippen LogP contribution in [-0.4, -0.2) is 106 Å². The summed E-state index contributed by atoms with van der Waals surface area (Å²) in [4.78, 5) is 45.2. The van der Waals surface area contributed by atoms with E-state index in [1.165, 1.54) is 36.6 Å². The van der Waals surface area contributed by atoms with Crippen molar-refractivity contribution in [3.8, 4) is 23.0 Å². The molecule has 2 amide bonds. The van der Waals surface area contributed by atoms with Gasteiger partial charge in [0, 0.05) is 99.1 Å². The molecule has 5 aliphatic rings. The molecule has 9 heterocycles. The van der Waals surface area contributed by atoms with Gasteiger partial charge in [-0.05, 0) is 143 Å². The Morgan fingerprint density at radius 1 is 0.621 bits per heavy atom. The van der Waals surface area contributed by atoms with Crippen LogP contribution in [0.5, 0.6) is 0 Å². The minimum absolute atomic E-state index is 0.109. The number of benzene rings is 3. The van der Waals surface area contributed by atoms with E-state index in [0.717, 1.165) is 150 Å². The van der Waals surface area contributed by atoms with Crippen LogP contribution < -0.4 is 10.6 Å². The quantitative estimate of drug-likeness (QED) is 0.167. The fraction of sp³-hybridized carbons (Fsp3) is 0.415. The summed E-state index contributed by atoms with van der Waals surface area (Å²) in [5.74, 6) is 4.31. The first-order valence-corrected chi connectivity index (χ1v) is 24.3. The first kappa shape index (κ1) is 41.1. The van der Waals surface area contributed by atoms with Gasteiger partial charge in [0.2, 0.25) is 0 Å². The number of hydrogen-bond acceptors (Lipinski definition) is 7. The van der Waals surface area contributed by atoms with Crippen LogP contribution in [0.25, 0.3) is 67.0 Å². The Morgan fingerprint density at radius 3 is 1.77 bits per heavy atom. The van der Waals surface area contributed by atoms with E-state index >= 15 is 0 Å². The smallest absolute Gasteiger partial charge is 0.253 e. The van der Waals surface area contributed by atoms with E-state index in [0.29, 0.717) is 12.1 Å². The number of pyridine rings is 1. The molecule has 4 atom stereocenters. The van der Waals surface area contributed by atoms with Crippen molar-refractivity contribution in [2.45, 2.75) is 70.6 Å². The number of nitrogens with zero attached hydrogens (tertiary/aromatic N) is 9. The Labute approximate surface area is 384 Å². The number of piperidine rings is 2. The molecule has 2 N–H and O–H groups in total. The van der Waals surface area contributed by atoms with Crippen LogP contribution in [0.1, 0.15) is 66.2 Å². The van der Waals surface area contributed by atoms with Gasteiger partial charge in [0.05, 0.1) is 33.5 Å². The Balaban J connectivity index is 0.000000138. The van der Waals surface area contributed by atoms with Crippen molar-refractivity contribution >= 4 is 55.8 Å². The molecule has 0 radical (unpaired) electrons. The number of hydrogen-bond donors (Lipinski definition) is 2. The summed E-state index contributed by atoms with van der Waals surface area (Å²) >= 11 is 0. The molecule has 66 heavy (non-hydrogen) atoms. The molecule has 1 aliphatic carbocycles. The number of rotatable bonds is 7. The average Bonchev–Trinajstić information content (AvgIpc) is 3.90. The summed E-state index contributed by atoms with van der Waals surface area (Å²) in [6.07, 6.45) is 9.13. The minimum Gasteiger partial charge on any atom is -0.338 e. The van der Waals surface area contributed by atoms with E-state index in [-0.39, 0.29) is 11.8 Å². The van der Waals surface area contributed by atoms with Crippen LogP contribution in [-0.2, 0) is 27.2 Å². The summed E-state index contributed by atoms with van der Waals surface area (Å²) in [6.45, 7) is 9.45. The maximum Gasteiger partial charge on any atom is 0.253 e. The maximum atomic E-state index is 13.4. The van der Waals surface area contributed by atoms with Crippen LogP contribution in [0.15, 0.2) is 91.1 Å². The van der Waals surface area contributed by atoms with Crippen molar-refractivity contribution in [1.29, 1.82) is 0 Å².